The van der Waals surface area contributed by atoms with Gasteiger partial charge >= 0.3 is 6.18 Å². The molecule has 0 unspecified atom stereocenters. The summed E-state index contributed by atoms with van der Waals surface area (Å²) >= 11 is 3.14. The van der Waals surface area contributed by atoms with E-state index < -0.39 is 11.7 Å². The van der Waals surface area contributed by atoms with Gasteiger partial charge in [0.1, 0.15) is 16.7 Å². The quantitative estimate of drug-likeness (QED) is 0.808. The zero-order valence-electron chi connectivity index (χ0n) is 7.74. The topological polar surface area (TPSA) is 30.7 Å². The van der Waals surface area contributed by atoms with E-state index in [0.717, 1.165) is 12.3 Å². The Labute approximate surface area is 97.1 Å². The van der Waals surface area contributed by atoms with E-state index in [-0.39, 0.29) is 0 Å². The number of alkyl halides is 3. The van der Waals surface area contributed by atoms with Crippen LogP contribution in [0.5, 0.6) is 0 Å². The van der Waals surface area contributed by atoms with E-state index in [4.69, 9.17) is 0 Å². The highest BCUT2D eigenvalue weighted by Gasteiger charge is 2.30. The molecule has 0 aliphatic rings. The lowest BCUT2D eigenvalue weighted by Gasteiger charge is -2.06. The highest BCUT2D eigenvalue weighted by molar-refractivity contribution is 9.10. The van der Waals surface area contributed by atoms with Gasteiger partial charge in [-0.05, 0) is 28.1 Å². The number of halogens is 4. The molecule has 2 heterocycles. The highest BCUT2D eigenvalue weighted by Crippen LogP contribution is 2.28. The predicted molar refractivity (Wildman–Crippen MR) is 54.1 cm³/mol. The number of aromatic nitrogens is 3. The summed E-state index contributed by atoms with van der Waals surface area (Å²) in [6.45, 7) is 0. The van der Waals surface area contributed by atoms with Crippen molar-refractivity contribution in [1.82, 2.24) is 14.5 Å². The first kappa shape index (κ1) is 11.1. The summed E-state index contributed by atoms with van der Waals surface area (Å²) < 4.78 is 38.9. The maximum atomic E-state index is 12.3. The molecular formula is C9H5BrF3N3. The van der Waals surface area contributed by atoms with Crippen LogP contribution in [-0.2, 0) is 6.18 Å². The normalized spacial score (nSPS) is 11.8. The Morgan fingerprint density at radius 1 is 1.19 bits per heavy atom. The van der Waals surface area contributed by atoms with Crippen molar-refractivity contribution in [2.45, 2.75) is 6.18 Å². The molecule has 3 nitrogen and oxygen atoms in total. The molecule has 0 atom stereocenters. The van der Waals surface area contributed by atoms with Crippen molar-refractivity contribution < 1.29 is 13.2 Å². The van der Waals surface area contributed by atoms with Crippen molar-refractivity contribution in [3.63, 3.8) is 0 Å². The molecule has 0 N–H and O–H groups in total. The second kappa shape index (κ2) is 3.89. The van der Waals surface area contributed by atoms with Crippen LogP contribution in [0.3, 0.4) is 0 Å². The number of imidazole rings is 1. The van der Waals surface area contributed by atoms with Crippen LogP contribution in [0.1, 0.15) is 5.56 Å². The number of hydrogen-bond donors (Lipinski definition) is 0. The first-order valence-electron chi connectivity index (χ1n) is 4.20. The molecule has 0 aromatic carbocycles. The van der Waals surface area contributed by atoms with Crippen molar-refractivity contribution in [3.8, 4) is 5.82 Å². The molecule has 2 aromatic rings. The molecule has 0 amide bonds. The standard InChI is InChI=1S/C9H5BrF3N3/c10-7-4-16(5-15-7)8-2-1-6(3-14-8)9(11,12)13/h1-5H. The maximum Gasteiger partial charge on any atom is 0.417 e. The Hall–Kier alpha value is -1.37. The van der Waals surface area contributed by atoms with Crippen molar-refractivity contribution in [2.75, 3.05) is 0 Å². The summed E-state index contributed by atoms with van der Waals surface area (Å²) in [4.78, 5) is 7.59. The van der Waals surface area contributed by atoms with Crippen LogP contribution in [0, 0.1) is 0 Å². The predicted octanol–water partition coefficient (Wildman–Crippen LogP) is 3.05. The van der Waals surface area contributed by atoms with E-state index in [2.05, 4.69) is 25.9 Å². The summed E-state index contributed by atoms with van der Waals surface area (Å²) in [7, 11) is 0. The molecule has 0 radical (unpaired) electrons. The summed E-state index contributed by atoms with van der Waals surface area (Å²) in [5.74, 6) is 0.381. The van der Waals surface area contributed by atoms with Crippen molar-refractivity contribution in [1.29, 1.82) is 0 Å². The molecule has 7 heteroatoms. The van der Waals surface area contributed by atoms with E-state index in [1.165, 1.54) is 17.0 Å². The molecule has 0 fully saturated rings. The fraction of sp³-hybridized carbons (Fsp3) is 0.111. The average molecular weight is 292 g/mol. The molecular weight excluding hydrogens is 287 g/mol. The van der Waals surface area contributed by atoms with E-state index in [1.54, 1.807) is 6.20 Å². The minimum absolute atomic E-state index is 0.381. The second-order valence-electron chi connectivity index (χ2n) is 3.01. The smallest absolute Gasteiger partial charge is 0.289 e. The third-order valence-electron chi connectivity index (χ3n) is 1.89. The van der Waals surface area contributed by atoms with Crippen LogP contribution in [0.25, 0.3) is 5.82 Å². The first-order valence-corrected chi connectivity index (χ1v) is 4.99. The largest absolute Gasteiger partial charge is 0.417 e. The monoisotopic (exact) mass is 291 g/mol. The van der Waals surface area contributed by atoms with Gasteiger partial charge in [-0.2, -0.15) is 13.2 Å². The van der Waals surface area contributed by atoms with Crippen LogP contribution < -0.4 is 0 Å². The van der Waals surface area contributed by atoms with Gasteiger partial charge in [0.2, 0.25) is 0 Å². The average Bonchev–Trinajstić information content (AvgIpc) is 2.64. The van der Waals surface area contributed by atoms with E-state index in [9.17, 15) is 13.2 Å². The molecule has 2 rings (SSSR count). The SMILES string of the molecule is FC(F)(F)c1ccc(-n2cnc(Br)c2)nc1. The zero-order valence-corrected chi connectivity index (χ0v) is 9.33. The molecule has 2 aromatic heterocycles. The van der Waals surface area contributed by atoms with Crippen LogP contribution in [0.4, 0.5) is 13.2 Å². The van der Waals surface area contributed by atoms with Crippen molar-refractivity contribution in [3.05, 3.63) is 41.0 Å². The fourth-order valence-electron chi connectivity index (χ4n) is 1.13. The van der Waals surface area contributed by atoms with Gasteiger partial charge in [-0.15, -0.1) is 0 Å². The fourth-order valence-corrected chi connectivity index (χ4v) is 1.44. The summed E-state index contributed by atoms with van der Waals surface area (Å²) in [6.07, 6.45) is -0.500. The molecule has 0 bridgehead atoms. The molecule has 0 saturated heterocycles. The van der Waals surface area contributed by atoms with Gasteiger partial charge in [0.25, 0.3) is 0 Å². The lowest BCUT2D eigenvalue weighted by atomic mass is 10.3. The molecule has 0 aliphatic heterocycles. The minimum Gasteiger partial charge on any atom is -0.289 e. The molecule has 0 saturated carbocycles. The van der Waals surface area contributed by atoms with Gasteiger partial charge in [-0.25, -0.2) is 9.97 Å². The van der Waals surface area contributed by atoms with E-state index in [1.807, 2.05) is 0 Å². The van der Waals surface area contributed by atoms with Gasteiger partial charge < -0.3 is 0 Å². The Morgan fingerprint density at radius 3 is 2.38 bits per heavy atom. The number of rotatable bonds is 1. The van der Waals surface area contributed by atoms with Gasteiger partial charge in [0, 0.05) is 12.4 Å². The van der Waals surface area contributed by atoms with Crippen molar-refractivity contribution in [2.24, 2.45) is 0 Å². The zero-order chi connectivity index (χ0) is 11.8. The number of hydrogen-bond acceptors (Lipinski definition) is 2. The second-order valence-corrected chi connectivity index (χ2v) is 3.82. The Kier molecular flexibility index (Phi) is 2.71. The Morgan fingerprint density at radius 2 is 1.94 bits per heavy atom. The van der Waals surface area contributed by atoms with E-state index >= 15 is 0 Å². The Bertz CT molecular complexity index is 489. The molecule has 0 aliphatic carbocycles. The molecule has 84 valence electrons. The van der Waals surface area contributed by atoms with Crippen molar-refractivity contribution >= 4 is 15.9 Å². The molecule has 0 spiro atoms. The summed E-state index contributed by atoms with van der Waals surface area (Å²) in [5, 5.41) is 0. The van der Waals surface area contributed by atoms with E-state index in [0.29, 0.717) is 10.4 Å². The van der Waals surface area contributed by atoms with Crippen LogP contribution in [-0.4, -0.2) is 14.5 Å². The number of nitrogens with zero attached hydrogens (tertiary/aromatic N) is 3. The highest BCUT2D eigenvalue weighted by atomic mass is 79.9. The summed E-state index contributed by atoms with van der Waals surface area (Å²) in [6, 6.07) is 2.27. The summed E-state index contributed by atoms with van der Waals surface area (Å²) in [5.41, 5.74) is -0.768. The van der Waals surface area contributed by atoms with Gasteiger partial charge in [0.15, 0.2) is 0 Å². The lowest BCUT2D eigenvalue weighted by molar-refractivity contribution is -0.137. The lowest BCUT2D eigenvalue weighted by Crippen LogP contribution is -2.06. The van der Waals surface area contributed by atoms with Crippen LogP contribution in [0.15, 0.2) is 35.5 Å². The number of pyridine rings is 1. The Balaban J connectivity index is 2.33. The first-order chi connectivity index (χ1) is 7.47. The minimum atomic E-state index is -4.36. The van der Waals surface area contributed by atoms with Crippen LogP contribution in [0.2, 0.25) is 0 Å². The van der Waals surface area contributed by atoms with Crippen LogP contribution >= 0.6 is 15.9 Å². The van der Waals surface area contributed by atoms with Gasteiger partial charge in [-0.3, -0.25) is 4.57 Å². The third kappa shape index (κ3) is 2.24. The van der Waals surface area contributed by atoms with Gasteiger partial charge in [-0.1, -0.05) is 0 Å². The van der Waals surface area contributed by atoms with Gasteiger partial charge in [0.05, 0.1) is 5.56 Å². The third-order valence-corrected chi connectivity index (χ3v) is 2.30. The molecule has 16 heavy (non-hydrogen) atoms. The maximum absolute atomic E-state index is 12.3.